The molecule has 0 aliphatic carbocycles. The number of rotatable bonds is 3. The van der Waals surface area contributed by atoms with E-state index in [1.165, 1.54) is 5.01 Å². The summed E-state index contributed by atoms with van der Waals surface area (Å²) >= 11 is 13.1. The Hall–Kier alpha value is -1.48. The summed E-state index contributed by atoms with van der Waals surface area (Å²) < 4.78 is 2.07. The van der Waals surface area contributed by atoms with E-state index in [0.29, 0.717) is 14.8 Å². The molecule has 1 heterocycles. The molecule has 0 atom stereocenters. The topological polar surface area (TPSA) is 52.9 Å². The first kappa shape index (κ1) is 18.3. The molecule has 0 spiro atoms. The minimum atomic E-state index is -0.319. The van der Waals surface area contributed by atoms with Gasteiger partial charge in [-0.3, -0.25) is 4.79 Å². The Morgan fingerprint density at radius 1 is 1.16 bits per heavy atom. The first-order valence-electron chi connectivity index (χ1n) is 7.00. The second kappa shape index (κ2) is 7.82. The summed E-state index contributed by atoms with van der Waals surface area (Å²) in [5, 5.41) is 15.3. The highest BCUT2D eigenvalue weighted by molar-refractivity contribution is 9.10. The zero-order valence-electron chi connectivity index (χ0n) is 12.5. The van der Waals surface area contributed by atoms with Crippen molar-refractivity contribution in [3.63, 3.8) is 0 Å². The molecule has 0 unspecified atom stereocenters. The smallest absolute Gasteiger partial charge is 0.286 e. The van der Waals surface area contributed by atoms with Crippen molar-refractivity contribution < 1.29 is 9.90 Å². The minimum absolute atomic E-state index is 0.0890. The Morgan fingerprint density at radius 2 is 1.92 bits per heavy atom. The van der Waals surface area contributed by atoms with Gasteiger partial charge in [-0.25, -0.2) is 0 Å². The summed E-state index contributed by atoms with van der Waals surface area (Å²) in [6.07, 6.45) is 3.18. The zero-order valence-corrected chi connectivity index (χ0v) is 17.3. The number of hydrogen-bond donors (Lipinski definition) is 1. The van der Waals surface area contributed by atoms with Crippen LogP contribution in [0.25, 0.3) is 6.08 Å². The monoisotopic (exact) mass is 496 g/mol. The zero-order chi connectivity index (χ0) is 18.0. The molecular formula is C17H10Br2N2O2S2. The summed E-state index contributed by atoms with van der Waals surface area (Å²) in [6.45, 7) is 0. The molecule has 0 saturated carbocycles. The summed E-state index contributed by atoms with van der Waals surface area (Å²) in [5.41, 5.74) is 1.38. The predicted octanol–water partition coefficient (Wildman–Crippen LogP) is 5.15. The number of hydrazone groups is 1. The van der Waals surface area contributed by atoms with E-state index in [1.807, 2.05) is 24.3 Å². The van der Waals surface area contributed by atoms with Gasteiger partial charge in [0, 0.05) is 14.5 Å². The second-order valence-corrected chi connectivity index (χ2v) is 8.50. The molecule has 25 heavy (non-hydrogen) atoms. The van der Waals surface area contributed by atoms with Crippen molar-refractivity contribution in [1.82, 2.24) is 5.01 Å². The molecule has 0 aromatic heterocycles. The molecule has 2 aromatic rings. The van der Waals surface area contributed by atoms with E-state index in [0.717, 1.165) is 26.3 Å². The molecule has 1 N–H and O–H groups in total. The highest BCUT2D eigenvalue weighted by Gasteiger charge is 2.32. The van der Waals surface area contributed by atoms with Gasteiger partial charge in [-0.15, -0.1) is 0 Å². The third-order valence-electron chi connectivity index (χ3n) is 3.22. The average molecular weight is 498 g/mol. The number of amides is 1. The van der Waals surface area contributed by atoms with Gasteiger partial charge in [0.15, 0.2) is 4.32 Å². The van der Waals surface area contributed by atoms with Gasteiger partial charge in [-0.1, -0.05) is 55.8 Å². The van der Waals surface area contributed by atoms with Crippen LogP contribution in [0.4, 0.5) is 0 Å². The van der Waals surface area contributed by atoms with E-state index >= 15 is 0 Å². The first-order valence-corrected chi connectivity index (χ1v) is 9.81. The first-order chi connectivity index (χ1) is 11.9. The molecule has 1 fully saturated rings. The maximum Gasteiger partial charge on any atom is 0.286 e. The van der Waals surface area contributed by atoms with E-state index in [4.69, 9.17) is 12.2 Å². The van der Waals surface area contributed by atoms with Gasteiger partial charge >= 0.3 is 0 Å². The molecule has 1 aliphatic rings. The van der Waals surface area contributed by atoms with Crippen LogP contribution in [-0.2, 0) is 4.79 Å². The number of phenols is 1. The number of hydrogen-bond acceptors (Lipinski definition) is 5. The molecular weight excluding hydrogens is 488 g/mol. The van der Waals surface area contributed by atoms with Crippen LogP contribution in [0, 0.1) is 0 Å². The number of aromatic hydroxyl groups is 1. The molecule has 1 amide bonds. The Kier molecular flexibility index (Phi) is 5.73. The fourth-order valence-corrected chi connectivity index (χ4v) is 4.01. The molecule has 4 nitrogen and oxygen atoms in total. The van der Waals surface area contributed by atoms with Crippen molar-refractivity contribution in [2.45, 2.75) is 0 Å². The van der Waals surface area contributed by atoms with Crippen molar-refractivity contribution >= 4 is 78.4 Å². The number of carbonyl (C=O) groups excluding carboxylic acids is 1. The van der Waals surface area contributed by atoms with Gasteiger partial charge in [-0.05, 0) is 54.2 Å². The van der Waals surface area contributed by atoms with Crippen LogP contribution in [0.3, 0.4) is 0 Å². The van der Waals surface area contributed by atoms with Crippen LogP contribution in [0.1, 0.15) is 11.1 Å². The van der Waals surface area contributed by atoms with Gasteiger partial charge < -0.3 is 5.11 Å². The Bertz CT molecular complexity index is 929. The number of benzene rings is 2. The summed E-state index contributed by atoms with van der Waals surface area (Å²) in [5.74, 6) is -0.230. The highest BCUT2D eigenvalue weighted by Crippen LogP contribution is 2.34. The summed E-state index contributed by atoms with van der Waals surface area (Å²) in [6, 6.07) is 12.6. The SMILES string of the molecule is O=C1C(=Cc2cc(Br)ccc2O)SC(=S)N1N=Cc1cccc(Br)c1. The lowest BCUT2D eigenvalue weighted by molar-refractivity contribution is -0.122. The lowest BCUT2D eigenvalue weighted by Crippen LogP contribution is -2.22. The van der Waals surface area contributed by atoms with E-state index < -0.39 is 0 Å². The Balaban J connectivity index is 1.85. The minimum Gasteiger partial charge on any atom is -0.507 e. The quantitative estimate of drug-likeness (QED) is 0.362. The molecule has 0 radical (unpaired) electrons. The largest absolute Gasteiger partial charge is 0.507 e. The van der Waals surface area contributed by atoms with Crippen LogP contribution in [-0.4, -0.2) is 26.6 Å². The maximum absolute atomic E-state index is 12.5. The predicted molar refractivity (Wildman–Crippen MR) is 113 cm³/mol. The van der Waals surface area contributed by atoms with Gasteiger partial charge in [0.1, 0.15) is 5.75 Å². The van der Waals surface area contributed by atoms with Crippen LogP contribution in [0.5, 0.6) is 5.75 Å². The summed E-state index contributed by atoms with van der Waals surface area (Å²) in [4.78, 5) is 12.9. The van der Waals surface area contributed by atoms with Crippen molar-refractivity contribution in [1.29, 1.82) is 0 Å². The van der Waals surface area contributed by atoms with Crippen molar-refractivity contribution in [2.75, 3.05) is 0 Å². The molecule has 8 heteroatoms. The average Bonchev–Trinajstić information content (AvgIpc) is 2.83. The lowest BCUT2D eigenvalue weighted by Gasteiger charge is -2.06. The number of thiocarbonyl (C=S) groups is 1. The van der Waals surface area contributed by atoms with Gasteiger partial charge in [-0.2, -0.15) is 10.1 Å². The van der Waals surface area contributed by atoms with Crippen molar-refractivity contribution in [3.8, 4) is 5.75 Å². The van der Waals surface area contributed by atoms with Crippen LogP contribution in [0.15, 0.2) is 61.4 Å². The molecule has 0 bridgehead atoms. The number of phenolic OH excluding ortho intramolecular Hbond substituents is 1. The fraction of sp³-hybridized carbons (Fsp3) is 0. The molecule has 126 valence electrons. The highest BCUT2D eigenvalue weighted by atomic mass is 79.9. The number of thioether (sulfide) groups is 1. The van der Waals surface area contributed by atoms with Gasteiger partial charge in [0.25, 0.3) is 5.91 Å². The van der Waals surface area contributed by atoms with Crippen molar-refractivity contribution in [3.05, 3.63) is 67.4 Å². The van der Waals surface area contributed by atoms with Gasteiger partial charge in [0.2, 0.25) is 0 Å². The standard InChI is InChI=1S/C17H10Br2N2O2S2/c18-12-3-1-2-10(6-12)9-20-21-16(23)15(25-17(21)24)8-11-7-13(19)4-5-14(11)22/h1-9,22H. The molecule has 2 aromatic carbocycles. The third-order valence-corrected chi connectivity index (χ3v) is 5.49. The van der Waals surface area contributed by atoms with E-state index in [1.54, 1.807) is 30.5 Å². The van der Waals surface area contributed by atoms with Gasteiger partial charge in [0.05, 0.1) is 11.1 Å². The third kappa shape index (κ3) is 4.38. The molecule has 1 saturated heterocycles. The lowest BCUT2D eigenvalue weighted by atomic mass is 10.2. The second-order valence-electron chi connectivity index (χ2n) is 5.00. The van der Waals surface area contributed by atoms with Crippen LogP contribution < -0.4 is 0 Å². The van der Waals surface area contributed by atoms with Crippen molar-refractivity contribution in [2.24, 2.45) is 5.10 Å². The van der Waals surface area contributed by atoms with E-state index in [-0.39, 0.29) is 11.7 Å². The Morgan fingerprint density at radius 3 is 2.68 bits per heavy atom. The number of nitrogens with zero attached hydrogens (tertiary/aromatic N) is 2. The van der Waals surface area contributed by atoms with E-state index in [2.05, 4.69) is 37.0 Å². The molecule has 3 rings (SSSR count). The Labute approximate surface area is 170 Å². The molecule has 1 aliphatic heterocycles. The normalized spacial score (nSPS) is 16.4. The fourth-order valence-electron chi connectivity index (χ4n) is 2.05. The van der Waals surface area contributed by atoms with Crippen LogP contribution in [0.2, 0.25) is 0 Å². The van der Waals surface area contributed by atoms with E-state index in [9.17, 15) is 9.90 Å². The number of carbonyl (C=O) groups is 1. The van der Waals surface area contributed by atoms with Crippen LogP contribution >= 0.6 is 55.8 Å². The maximum atomic E-state index is 12.5. The number of halogens is 2. The summed E-state index contributed by atoms with van der Waals surface area (Å²) in [7, 11) is 0.